The SMILES string of the molecule is CC1=C2C[C@H]3[C@@H]4CO[C@@H]4CC[C@]3(C)C[C@]2(O)OC1=O. The van der Waals surface area contributed by atoms with Crippen molar-refractivity contribution < 1.29 is 19.4 Å². The third-order valence-corrected chi connectivity index (χ3v) is 5.95. The van der Waals surface area contributed by atoms with Crippen molar-refractivity contribution in [1.29, 1.82) is 0 Å². The van der Waals surface area contributed by atoms with Crippen LogP contribution in [-0.2, 0) is 14.3 Å². The Kier molecular flexibility index (Phi) is 2.14. The molecule has 104 valence electrons. The van der Waals surface area contributed by atoms with E-state index in [1.807, 2.05) is 0 Å². The number of esters is 1. The van der Waals surface area contributed by atoms with E-state index in [0.29, 0.717) is 29.9 Å². The van der Waals surface area contributed by atoms with Crippen molar-refractivity contribution in [2.75, 3.05) is 6.61 Å². The molecule has 0 unspecified atom stereocenters. The molecular formula is C15H20O4. The Morgan fingerprint density at radius 1 is 1.42 bits per heavy atom. The monoisotopic (exact) mass is 264 g/mol. The summed E-state index contributed by atoms with van der Waals surface area (Å²) in [6.45, 7) is 4.85. The molecule has 5 atom stereocenters. The van der Waals surface area contributed by atoms with Gasteiger partial charge in [-0.3, -0.25) is 0 Å². The molecule has 4 nitrogen and oxygen atoms in total. The van der Waals surface area contributed by atoms with Crippen LogP contribution >= 0.6 is 0 Å². The highest BCUT2D eigenvalue weighted by Gasteiger charge is 2.61. The lowest BCUT2D eigenvalue weighted by molar-refractivity contribution is -0.240. The fourth-order valence-corrected chi connectivity index (χ4v) is 4.74. The Morgan fingerprint density at radius 2 is 2.21 bits per heavy atom. The van der Waals surface area contributed by atoms with E-state index in [4.69, 9.17) is 9.47 Å². The van der Waals surface area contributed by atoms with Gasteiger partial charge < -0.3 is 14.6 Å². The van der Waals surface area contributed by atoms with Gasteiger partial charge in [-0.25, -0.2) is 4.79 Å². The van der Waals surface area contributed by atoms with Crippen LogP contribution in [0.5, 0.6) is 0 Å². The summed E-state index contributed by atoms with van der Waals surface area (Å²) < 4.78 is 10.9. The highest BCUT2D eigenvalue weighted by atomic mass is 16.7. The van der Waals surface area contributed by atoms with Gasteiger partial charge in [0.15, 0.2) is 0 Å². The van der Waals surface area contributed by atoms with E-state index < -0.39 is 5.79 Å². The van der Waals surface area contributed by atoms with Gasteiger partial charge in [0.05, 0.1) is 12.7 Å². The molecule has 0 radical (unpaired) electrons. The summed E-state index contributed by atoms with van der Waals surface area (Å²) in [6, 6.07) is 0. The molecule has 1 saturated heterocycles. The molecule has 4 heteroatoms. The molecule has 2 saturated carbocycles. The van der Waals surface area contributed by atoms with Crippen LogP contribution in [0, 0.1) is 17.3 Å². The predicted octanol–water partition coefficient (Wildman–Crippen LogP) is 1.77. The minimum atomic E-state index is -1.33. The fourth-order valence-electron chi connectivity index (χ4n) is 4.74. The van der Waals surface area contributed by atoms with Gasteiger partial charge >= 0.3 is 5.97 Å². The van der Waals surface area contributed by atoms with Crippen molar-refractivity contribution in [2.24, 2.45) is 17.3 Å². The normalized spacial score (nSPS) is 51.9. The van der Waals surface area contributed by atoms with E-state index >= 15 is 0 Å². The molecule has 2 heterocycles. The first-order chi connectivity index (χ1) is 8.93. The van der Waals surface area contributed by atoms with Crippen molar-refractivity contribution in [3.8, 4) is 0 Å². The maximum absolute atomic E-state index is 11.8. The number of carbonyl (C=O) groups excluding carboxylic acids is 1. The van der Waals surface area contributed by atoms with Gasteiger partial charge in [0.25, 0.3) is 0 Å². The summed E-state index contributed by atoms with van der Waals surface area (Å²) in [7, 11) is 0. The molecule has 0 spiro atoms. The Labute approximate surface area is 112 Å². The highest BCUT2D eigenvalue weighted by Crippen LogP contribution is 2.60. The molecule has 3 fully saturated rings. The third kappa shape index (κ3) is 1.39. The minimum Gasteiger partial charge on any atom is -0.426 e. The second kappa shape index (κ2) is 3.41. The zero-order valence-corrected chi connectivity index (χ0v) is 11.4. The van der Waals surface area contributed by atoms with Crippen LogP contribution in [0.25, 0.3) is 0 Å². The fraction of sp³-hybridized carbons (Fsp3) is 0.800. The second-order valence-corrected chi connectivity index (χ2v) is 6.99. The maximum Gasteiger partial charge on any atom is 0.336 e. The van der Waals surface area contributed by atoms with Gasteiger partial charge in [0.2, 0.25) is 5.79 Å². The summed E-state index contributed by atoms with van der Waals surface area (Å²) >= 11 is 0. The Morgan fingerprint density at radius 3 is 2.89 bits per heavy atom. The van der Waals surface area contributed by atoms with Gasteiger partial charge in [-0.2, -0.15) is 0 Å². The van der Waals surface area contributed by atoms with Gasteiger partial charge in [-0.1, -0.05) is 6.92 Å². The second-order valence-electron chi connectivity index (χ2n) is 6.99. The summed E-state index contributed by atoms with van der Waals surface area (Å²) in [4.78, 5) is 11.8. The van der Waals surface area contributed by atoms with E-state index in [-0.39, 0.29) is 11.4 Å². The van der Waals surface area contributed by atoms with Crippen molar-refractivity contribution >= 4 is 5.97 Å². The average molecular weight is 264 g/mol. The van der Waals surface area contributed by atoms with E-state index in [1.165, 1.54) is 0 Å². The number of hydrogen-bond acceptors (Lipinski definition) is 4. The predicted molar refractivity (Wildman–Crippen MR) is 67.0 cm³/mol. The van der Waals surface area contributed by atoms with E-state index in [0.717, 1.165) is 31.4 Å². The molecule has 0 aromatic heterocycles. The molecule has 1 N–H and O–H groups in total. The van der Waals surface area contributed by atoms with Gasteiger partial charge in [-0.05, 0) is 37.5 Å². The Balaban J connectivity index is 1.74. The van der Waals surface area contributed by atoms with E-state index in [2.05, 4.69) is 6.92 Å². The van der Waals surface area contributed by atoms with Crippen LogP contribution < -0.4 is 0 Å². The summed E-state index contributed by atoms with van der Waals surface area (Å²) in [5.41, 5.74) is 1.51. The van der Waals surface area contributed by atoms with E-state index in [1.54, 1.807) is 6.92 Å². The highest BCUT2D eigenvalue weighted by molar-refractivity contribution is 5.92. The molecule has 0 bridgehead atoms. The Hall–Kier alpha value is -0.870. The van der Waals surface area contributed by atoms with Gasteiger partial charge in [0.1, 0.15) is 0 Å². The minimum absolute atomic E-state index is 0.0636. The van der Waals surface area contributed by atoms with Crippen molar-refractivity contribution in [3.05, 3.63) is 11.1 Å². The first-order valence-electron chi connectivity index (χ1n) is 7.20. The largest absolute Gasteiger partial charge is 0.426 e. The van der Waals surface area contributed by atoms with E-state index in [9.17, 15) is 9.90 Å². The van der Waals surface area contributed by atoms with Crippen LogP contribution in [0.15, 0.2) is 11.1 Å². The van der Waals surface area contributed by atoms with Crippen LogP contribution in [0.3, 0.4) is 0 Å². The molecular weight excluding hydrogens is 244 g/mol. The molecule has 4 rings (SSSR count). The van der Waals surface area contributed by atoms with Crippen molar-refractivity contribution in [1.82, 2.24) is 0 Å². The summed E-state index contributed by atoms with van der Waals surface area (Å²) in [5.74, 6) is -0.565. The molecule has 19 heavy (non-hydrogen) atoms. The van der Waals surface area contributed by atoms with Crippen molar-refractivity contribution in [2.45, 2.75) is 51.4 Å². The zero-order chi connectivity index (χ0) is 13.4. The number of hydrogen-bond donors (Lipinski definition) is 1. The standard InChI is InChI=1S/C15H20O4/c1-8-10-5-11-9-6-18-12(9)3-4-14(11,2)7-15(10,17)19-13(8)16/h9,11-12,17H,3-7H2,1-2H3/t9-,11-,12+,14+,15-/m0/s1. The number of fused-ring (bicyclic) bond motifs is 4. The van der Waals surface area contributed by atoms with Crippen molar-refractivity contribution in [3.63, 3.8) is 0 Å². The topological polar surface area (TPSA) is 55.8 Å². The van der Waals surface area contributed by atoms with Crippen LogP contribution in [0.4, 0.5) is 0 Å². The van der Waals surface area contributed by atoms with Gasteiger partial charge in [-0.15, -0.1) is 0 Å². The van der Waals surface area contributed by atoms with Crippen LogP contribution in [-0.4, -0.2) is 29.6 Å². The average Bonchev–Trinajstić information content (AvgIpc) is 2.48. The molecule has 2 aliphatic carbocycles. The number of aliphatic hydroxyl groups is 1. The zero-order valence-electron chi connectivity index (χ0n) is 11.4. The first kappa shape index (κ1) is 11.9. The van der Waals surface area contributed by atoms with Gasteiger partial charge in [0, 0.05) is 23.5 Å². The van der Waals surface area contributed by atoms with Crippen LogP contribution in [0.2, 0.25) is 0 Å². The quantitative estimate of drug-likeness (QED) is 0.678. The summed E-state index contributed by atoms with van der Waals surface area (Å²) in [6.07, 6.45) is 3.86. The third-order valence-electron chi connectivity index (χ3n) is 5.95. The molecule has 0 aromatic rings. The Bertz CT molecular complexity index is 496. The lowest BCUT2D eigenvalue weighted by Gasteiger charge is -2.58. The number of ether oxygens (including phenoxy) is 2. The number of rotatable bonds is 0. The lowest BCUT2D eigenvalue weighted by Crippen LogP contribution is -2.58. The molecule has 0 aromatic carbocycles. The first-order valence-corrected chi connectivity index (χ1v) is 7.20. The lowest BCUT2D eigenvalue weighted by atomic mass is 9.52. The molecule has 2 aliphatic heterocycles. The molecule has 0 amide bonds. The summed E-state index contributed by atoms with van der Waals surface area (Å²) in [5, 5.41) is 10.7. The smallest absolute Gasteiger partial charge is 0.336 e. The number of carbonyl (C=O) groups is 1. The maximum atomic E-state index is 11.8. The van der Waals surface area contributed by atoms with Crippen LogP contribution in [0.1, 0.15) is 39.5 Å². The molecule has 4 aliphatic rings.